The molecular weight excluding hydrogens is 525 g/mol. The molecule has 0 unspecified atom stereocenters. The number of nitrogens with one attached hydrogen (secondary N) is 3. The van der Waals surface area contributed by atoms with Crippen LogP contribution in [0.2, 0.25) is 0 Å². The van der Waals surface area contributed by atoms with Crippen LogP contribution in [0.25, 0.3) is 16.7 Å². The molecule has 0 fully saturated rings. The van der Waals surface area contributed by atoms with E-state index in [1.54, 1.807) is 43.6 Å². The second-order valence-corrected chi connectivity index (χ2v) is 9.29. The number of aromatic nitrogens is 4. The van der Waals surface area contributed by atoms with E-state index in [0.717, 1.165) is 23.3 Å². The lowest BCUT2D eigenvalue weighted by Crippen LogP contribution is -2.15. The summed E-state index contributed by atoms with van der Waals surface area (Å²) >= 11 is 0. The lowest BCUT2D eigenvalue weighted by Gasteiger charge is -2.14. The average molecular weight is 549 g/mol. The van der Waals surface area contributed by atoms with Crippen LogP contribution in [0, 0.1) is 13.8 Å². The third kappa shape index (κ3) is 5.65. The lowest BCUT2D eigenvalue weighted by atomic mass is 10.1. The monoisotopic (exact) mass is 548 g/mol. The quantitative estimate of drug-likeness (QED) is 0.199. The van der Waals surface area contributed by atoms with E-state index >= 15 is 0 Å². The van der Waals surface area contributed by atoms with Gasteiger partial charge in [0.2, 0.25) is 0 Å². The number of hydrogen-bond donors (Lipinski definition) is 4. The molecule has 40 heavy (non-hydrogen) atoms. The minimum atomic E-state index is -4.64. The first-order chi connectivity index (χ1) is 19.0. The van der Waals surface area contributed by atoms with Crippen LogP contribution in [0.1, 0.15) is 43.2 Å². The Bertz CT molecular complexity index is 1760. The number of aryl methyl sites for hydroxylation is 2. The fraction of sp³-hybridized carbons (Fsp3) is 0.143. The molecule has 3 aromatic heterocycles. The summed E-state index contributed by atoms with van der Waals surface area (Å²) in [5.41, 5.74) is 3.00. The van der Waals surface area contributed by atoms with Gasteiger partial charge in [-0.1, -0.05) is 6.07 Å². The molecule has 0 saturated carbocycles. The van der Waals surface area contributed by atoms with Gasteiger partial charge in [-0.25, -0.2) is 14.8 Å². The molecule has 5 rings (SSSR count). The van der Waals surface area contributed by atoms with Crippen LogP contribution in [0.3, 0.4) is 0 Å². The number of aromatic carboxylic acids is 1. The summed E-state index contributed by atoms with van der Waals surface area (Å²) in [4.78, 5) is 35.3. The minimum absolute atomic E-state index is 0.0342. The van der Waals surface area contributed by atoms with Gasteiger partial charge in [0, 0.05) is 35.1 Å². The topological polar surface area (TPSA) is 125 Å². The molecule has 0 aliphatic rings. The lowest BCUT2D eigenvalue weighted by molar-refractivity contribution is -0.137. The Morgan fingerprint density at radius 2 is 1.82 bits per heavy atom. The van der Waals surface area contributed by atoms with Crippen LogP contribution in [0.5, 0.6) is 0 Å². The highest BCUT2D eigenvalue weighted by molar-refractivity contribution is 6.04. The Balaban J connectivity index is 1.35. The second-order valence-electron chi connectivity index (χ2n) is 9.29. The maximum Gasteiger partial charge on any atom is 0.416 e. The largest absolute Gasteiger partial charge is 0.477 e. The highest BCUT2D eigenvalue weighted by Crippen LogP contribution is 2.32. The number of carboxylic acid groups (broad SMARTS) is 1. The van der Waals surface area contributed by atoms with Crippen molar-refractivity contribution in [3.05, 3.63) is 101 Å². The average Bonchev–Trinajstić information content (AvgIpc) is 3.54. The van der Waals surface area contributed by atoms with E-state index in [1.165, 1.54) is 23.0 Å². The van der Waals surface area contributed by atoms with E-state index in [2.05, 4.69) is 25.6 Å². The van der Waals surface area contributed by atoms with Crippen molar-refractivity contribution in [2.45, 2.75) is 26.6 Å². The van der Waals surface area contributed by atoms with Gasteiger partial charge >= 0.3 is 12.1 Å². The number of amides is 1. The summed E-state index contributed by atoms with van der Waals surface area (Å²) in [5, 5.41) is 15.7. The number of benzene rings is 2. The van der Waals surface area contributed by atoms with E-state index in [0.29, 0.717) is 34.6 Å². The second kappa shape index (κ2) is 10.2. The van der Waals surface area contributed by atoms with E-state index < -0.39 is 23.6 Å². The molecule has 12 heteroatoms. The number of carbonyl (C=O) groups excluding carboxylic acids is 1. The van der Waals surface area contributed by atoms with Crippen LogP contribution in [-0.4, -0.2) is 36.5 Å². The number of aromatic amines is 1. The first-order valence-electron chi connectivity index (χ1n) is 12.1. The number of H-pyrrole nitrogens is 1. The molecule has 2 aromatic carbocycles. The predicted molar refractivity (Wildman–Crippen MR) is 143 cm³/mol. The first kappa shape index (κ1) is 26.5. The molecular formula is C28H23F3N6O3. The van der Waals surface area contributed by atoms with Gasteiger partial charge in [-0.05, 0) is 67.4 Å². The standard InChI is InChI=1S/C28H23F3N6O3/c1-15-3-4-21(7-19(15)11-32-22-6-17-9-24(27(39)40)36-25(17)33-12-22)35-26(38)18-5-20(28(29,30)31)10-23(8-18)37-13-16(2)34-14-37/h3-10,12-14,32H,11H2,1-2H3,(H,33,36)(H,35,38)(H,39,40). The molecule has 1 amide bonds. The van der Waals surface area contributed by atoms with Crippen molar-refractivity contribution in [1.29, 1.82) is 0 Å². The fourth-order valence-electron chi connectivity index (χ4n) is 4.18. The number of halogens is 3. The van der Waals surface area contributed by atoms with Gasteiger partial charge in [0.25, 0.3) is 5.91 Å². The molecule has 9 nitrogen and oxygen atoms in total. The molecule has 0 aliphatic heterocycles. The number of nitrogens with zero attached hydrogens (tertiary/aromatic N) is 3. The summed E-state index contributed by atoms with van der Waals surface area (Å²) in [6.07, 6.45) is -0.111. The van der Waals surface area contributed by atoms with Gasteiger partial charge in [0.05, 0.1) is 29.5 Å². The fourth-order valence-corrected chi connectivity index (χ4v) is 4.18. The molecule has 204 valence electrons. The van der Waals surface area contributed by atoms with Gasteiger partial charge < -0.3 is 25.3 Å². The van der Waals surface area contributed by atoms with Gasteiger partial charge in [0.15, 0.2) is 0 Å². The zero-order chi connectivity index (χ0) is 28.6. The van der Waals surface area contributed by atoms with Crippen LogP contribution in [0.4, 0.5) is 24.5 Å². The summed E-state index contributed by atoms with van der Waals surface area (Å²) in [6, 6.07) is 11.6. The van der Waals surface area contributed by atoms with E-state index in [9.17, 15) is 22.8 Å². The van der Waals surface area contributed by atoms with Gasteiger partial charge in [-0.15, -0.1) is 0 Å². The molecule has 0 bridgehead atoms. The van der Waals surface area contributed by atoms with Crippen molar-refractivity contribution in [2.24, 2.45) is 0 Å². The number of imidazole rings is 1. The SMILES string of the molecule is Cc1cn(-c2cc(C(=O)Nc3ccc(C)c(CNc4cnc5[nH]c(C(=O)O)cc5c4)c3)cc(C(F)(F)F)c2)cn1. The third-order valence-corrected chi connectivity index (χ3v) is 6.31. The van der Waals surface area contributed by atoms with Crippen molar-refractivity contribution >= 4 is 34.3 Å². The molecule has 0 radical (unpaired) electrons. The Hall–Kier alpha value is -5.13. The van der Waals surface area contributed by atoms with Crippen molar-refractivity contribution in [3.63, 3.8) is 0 Å². The zero-order valence-electron chi connectivity index (χ0n) is 21.3. The van der Waals surface area contributed by atoms with E-state index in [1.807, 2.05) is 6.92 Å². The number of anilines is 2. The minimum Gasteiger partial charge on any atom is -0.477 e. The number of rotatable bonds is 7. The summed E-state index contributed by atoms with van der Waals surface area (Å²) < 4.78 is 42.3. The number of carboxylic acids is 1. The summed E-state index contributed by atoms with van der Waals surface area (Å²) in [5.74, 6) is -1.77. The number of carbonyl (C=O) groups is 2. The Morgan fingerprint density at radius 1 is 1.02 bits per heavy atom. The van der Waals surface area contributed by atoms with Crippen LogP contribution >= 0.6 is 0 Å². The highest BCUT2D eigenvalue weighted by atomic mass is 19.4. The molecule has 0 aliphatic carbocycles. The van der Waals surface area contributed by atoms with Crippen LogP contribution in [-0.2, 0) is 12.7 Å². The van der Waals surface area contributed by atoms with E-state index in [4.69, 9.17) is 5.11 Å². The van der Waals surface area contributed by atoms with Crippen molar-refractivity contribution < 1.29 is 27.9 Å². The normalized spacial score (nSPS) is 11.5. The Morgan fingerprint density at radius 3 is 2.52 bits per heavy atom. The van der Waals surface area contributed by atoms with Gasteiger partial charge in [-0.2, -0.15) is 13.2 Å². The molecule has 5 aromatic rings. The predicted octanol–water partition coefficient (Wildman–Crippen LogP) is 5.95. The smallest absolute Gasteiger partial charge is 0.416 e. The maximum atomic E-state index is 13.6. The van der Waals surface area contributed by atoms with Gasteiger partial charge in [-0.3, -0.25) is 4.79 Å². The summed E-state index contributed by atoms with van der Waals surface area (Å²) in [6.45, 7) is 3.96. The van der Waals surface area contributed by atoms with Crippen molar-refractivity contribution in [1.82, 2.24) is 19.5 Å². The Kier molecular flexibility index (Phi) is 6.76. The van der Waals surface area contributed by atoms with Crippen LogP contribution in [0.15, 0.2) is 67.3 Å². The number of alkyl halides is 3. The van der Waals surface area contributed by atoms with Crippen molar-refractivity contribution in [2.75, 3.05) is 10.6 Å². The first-order valence-corrected chi connectivity index (χ1v) is 12.1. The third-order valence-electron chi connectivity index (χ3n) is 6.31. The number of hydrogen-bond acceptors (Lipinski definition) is 5. The highest BCUT2D eigenvalue weighted by Gasteiger charge is 2.32. The molecule has 4 N–H and O–H groups in total. The maximum absolute atomic E-state index is 13.6. The number of fused-ring (bicyclic) bond motifs is 1. The van der Waals surface area contributed by atoms with Crippen LogP contribution < -0.4 is 10.6 Å². The van der Waals surface area contributed by atoms with Gasteiger partial charge in [0.1, 0.15) is 11.3 Å². The molecule has 0 atom stereocenters. The van der Waals surface area contributed by atoms with E-state index in [-0.39, 0.29) is 16.9 Å². The molecule has 3 heterocycles. The Labute approximate surface area is 225 Å². The molecule has 0 spiro atoms. The summed E-state index contributed by atoms with van der Waals surface area (Å²) in [7, 11) is 0. The molecule has 0 saturated heterocycles. The van der Waals surface area contributed by atoms with Crippen molar-refractivity contribution in [3.8, 4) is 5.69 Å². The number of pyridine rings is 1. The zero-order valence-corrected chi connectivity index (χ0v) is 21.3.